The molecular weight excluding hydrogens is 562 g/mol. The van der Waals surface area contributed by atoms with E-state index in [1.165, 1.54) is 148 Å². The first kappa shape index (κ1) is 44.3. The van der Waals surface area contributed by atoms with Gasteiger partial charge in [-0.15, -0.1) is 0 Å². The number of rotatable bonds is 36. The second kappa shape index (κ2) is 34.6. The number of amides is 1. The molecule has 0 fully saturated rings. The van der Waals surface area contributed by atoms with E-state index in [1.807, 2.05) is 0 Å². The van der Waals surface area contributed by atoms with Gasteiger partial charge < -0.3 is 25.7 Å². The largest absolute Gasteiger partial charge is 0.394 e. The molecule has 0 bridgehead atoms. The number of nitrogens with one attached hydrogen (secondary N) is 1. The van der Waals surface area contributed by atoms with Crippen LogP contribution >= 0.6 is 0 Å². The minimum absolute atomic E-state index is 0.375. The number of hydrogen-bond acceptors (Lipinski definition) is 5. The molecule has 0 radical (unpaired) electrons. The van der Waals surface area contributed by atoms with Gasteiger partial charge in [-0.1, -0.05) is 200 Å². The summed E-state index contributed by atoms with van der Waals surface area (Å²) in [6, 6.07) is -0.976. The third kappa shape index (κ3) is 29.2. The number of unbranched alkanes of at least 4 members (excludes halogenated alkanes) is 27. The van der Waals surface area contributed by atoms with Gasteiger partial charge in [-0.25, -0.2) is 0 Å². The van der Waals surface area contributed by atoms with Gasteiger partial charge in [-0.05, 0) is 12.8 Å². The van der Waals surface area contributed by atoms with Crippen molar-refractivity contribution in [2.75, 3.05) is 6.61 Å². The lowest BCUT2D eigenvalue weighted by Gasteiger charge is -2.27. The molecule has 4 unspecified atom stereocenters. The number of aliphatic hydroxyl groups excluding tert-OH is 4. The van der Waals surface area contributed by atoms with Crippen LogP contribution in [0.25, 0.3) is 0 Å². The van der Waals surface area contributed by atoms with Crippen LogP contribution in [0.5, 0.6) is 0 Å². The quantitative estimate of drug-likeness (QED) is 0.0438. The average molecular weight is 642 g/mol. The number of carbonyl (C=O) groups is 1. The molecule has 0 aliphatic carbocycles. The minimum atomic E-state index is -1.25. The Morgan fingerprint density at radius 3 is 1.07 bits per heavy atom. The van der Waals surface area contributed by atoms with E-state index in [2.05, 4.69) is 19.2 Å². The molecule has 0 aromatic carbocycles. The lowest BCUT2D eigenvalue weighted by Crippen LogP contribution is -2.53. The molecule has 0 aromatic heterocycles. The standard InChI is InChI=1S/C39H79NO5/c1-3-5-7-9-11-13-14-15-16-17-18-19-20-21-22-23-25-27-29-31-33-37(43)39(45)40-35(34-41)38(44)36(42)32-30-28-26-24-12-10-8-6-4-2/h35-38,41-44H,3-34H2,1-2H3,(H,40,45). The molecule has 0 heterocycles. The summed E-state index contributed by atoms with van der Waals surface area (Å²) in [7, 11) is 0. The van der Waals surface area contributed by atoms with E-state index in [1.54, 1.807) is 0 Å². The second-order valence-corrected chi connectivity index (χ2v) is 14.0. The zero-order valence-electron chi connectivity index (χ0n) is 30.1. The van der Waals surface area contributed by atoms with Crippen LogP contribution in [0.15, 0.2) is 0 Å². The van der Waals surface area contributed by atoms with Gasteiger partial charge in [-0.3, -0.25) is 4.79 Å². The smallest absolute Gasteiger partial charge is 0.249 e. The van der Waals surface area contributed by atoms with Gasteiger partial charge in [-0.2, -0.15) is 0 Å². The van der Waals surface area contributed by atoms with Gasteiger partial charge in [0, 0.05) is 0 Å². The highest BCUT2D eigenvalue weighted by molar-refractivity contribution is 5.80. The van der Waals surface area contributed by atoms with Crippen LogP contribution in [-0.4, -0.2) is 57.3 Å². The summed E-state index contributed by atoms with van der Waals surface area (Å²) in [5.74, 6) is -0.582. The van der Waals surface area contributed by atoms with Crippen molar-refractivity contribution in [3.63, 3.8) is 0 Å². The minimum Gasteiger partial charge on any atom is -0.394 e. The van der Waals surface area contributed by atoms with Crippen LogP contribution in [0.2, 0.25) is 0 Å². The Morgan fingerprint density at radius 1 is 0.467 bits per heavy atom. The fourth-order valence-corrected chi connectivity index (χ4v) is 6.34. The van der Waals surface area contributed by atoms with Crippen LogP contribution in [0.1, 0.15) is 213 Å². The average Bonchev–Trinajstić information content (AvgIpc) is 3.04. The van der Waals surface area contributed by atoms with E-state index in [4.69, 9.17) is 0 Å². The first-order valence-corrected chi connectivity index (χ1v) is 19.9. The molecule has 0 aliphatic rings. The Balaban J connectivity index is 3.68. The van der Waals surface area contributed by atoms with E-state index in [0.29, 0.717) is 12.8 Å². The van der Waals surface area contributed by atoms with Gasteiger partial charge in [0.25, 0.3) is 0 Å². The van der Waals surface area contributed by atoms with E-state index in [0.717, 1.165) is 38.5 Å². The summed E-state index contributed by atoms with van der Waals surface area (Å²) >= 11 is 0. The molecule has 0 saturated heterocycles. The van der Waals surface area contributed by atoms with Crippen LogP contribution in [-0.2, 0) is 4.79 Å². The zero-order chi connectivity index (χ0) is 33.2. The number of aliphatic hydroxyl groups is 4. The van der Waals surface area contributed by atoms with Crippen molar-refractivity contribution in [3.05, 3.63) is 0 Å². The molecule has 0 rings (SSSR count). The Labute approximate surface area is 279 Å². The predicted octanol–water partition coefficient (Wildman–Crippen LogP) is 9.68. The fraction of sp³-hybridized carbons (Fsp3) is 0.974. The maximum atomic E-state index is 12.4. The summed E-state index contributed by atoms with van der Waals surface area (Å²) < 4.78 is 0. The van der Waals surface area contributed by atoms with Gasteiger partial charge in [0.05, 0.1) is 18.8 Å². The second-order valence-electron chi connectivity index (χ2n) is 14.0. The van der Waals surface area contributed by atoms with Gasteiger partial charge in [0.2, 0.25) is 5.91 Å². The third-order valence-electron chi connectivity index (χ3n) is 9.57. The Hall–Kier alpha value is -0.690. The van der Waals surface area contributed by atoms with Crippen molar-refractivity contribution < 1.29 is 25.2 Å². The molecule has 0 aliphatic heterocycles. The number of carbonyl (C=O) groups excluding carboxylic acids is 1. The fourth-order valence-electron chi connectivity index (χ4n) is 6.34. The molecule has 1 amide bonds. The summed E-state index contributed by atoms with van der Waals surface area (Å²) in [5.41, 5.74) is 0. The summed E-state index contributed by atoms with van der Waals surface area (Å²) in [4.78, 5) is 12.4. The van der Waals surface area contributed by atoms with Crippen molar-refractivity contribution in [1.82, 2.24) is 5.32 Å². The SMILES string of the molecule is CCCCCCCCCCCCCCCCCCCCCCC(O)C(=O)NC(CO)C(O)C(O)CCCCCCCCCCC. The predicted molar refractivity (Wildman–Crippen MR) is 192 cm³/mol. The maximum Gasteiger partial charge on any atom is 0.249 e. The zero-order valence-corrected chi connectivity index (χ0v) is 30.1. The van der Waals surface area contributed by atoms with Crippen LogP contribution in [0.3, 0.4) is 0 Å². The third-order valence-corrected chi connectivity index (χ3v) is 9.57. The molecule has 6 heteroatoms. The van der Waals surface area contributed by atoms with Crippen LogP contribution in [0, 0.1) is 0 Å². The van der Waals surface area contributed by atoms with Crippen molar-refractivity contribution in [2.45, 2.75) is 237 Å². The Kier molecular flexibility index (Phi) is 34.1. The van der Waals surface area contributed by atoms with E-state index < -0.39 is 36.9 Å². The lowest BCUT2D eigenvalue weighted by molar-refractivity contribution is -0.132. The number of hydrogen-bond donors (Lipinski definition) is 5. The normalized spacial score (nSPS) is 14.4. The van der Waals surface area contributed by atoms with E-state index >= 15 is 0 Å². The molecule has 5 N–H and O–H groups in total. The molecule has 45 heavy (non-hydrogen) atoms. The summed E-state index contributed by atoms with van der Waals surface area (Å²) in [5, 5.41) is 43.4. The maximum absolute atomic E-state index is 12.4. The molecule has 270 valence electrons. The van der Waals surface area contributed by atoms with Crippen molar-refractivity contribution in [3.8, 4) is 0 Å². The van der Waals surface area contributed by atoms with Crippen molar-refractivity contribution in [2.24, 2.45) is 0 Å². The summed E-state index contributed by atoms with van der Waals surface area (Å²) in [6.45, 7) is 4.02. The Morgan fingerprint density at radius 2 is 0.756 bits per heavy atom. The first-order chi connectivity index (χ1) is 22.0. The molecule has 0 spiro atoms. The molecule has 6 nitrogen and oxygen atoms in total. The molecule has 0 aromatic rings. The Bertz CT molecular complexity index is 604. The van der Waals surface area contributed by atoms with E-state index in [9.17, 15) is 25.2 Å². The molecular formula is C39H79NO5. The van der Waals surface area contributed by atoms with Crippen LogP contribution < -0.4 is 5.32 Å². The van der Waals surface area contributed by atoms with Crippen LogP contribution in [0.4, 0.5) is 0 Å². The topological polar surface area (TPSA) is 110 Å². The van der Waals surface area contributed by atoms with Gasteiger partial charge >= 0.3 is 0 Å². The summed E-state index contributed by atoms with van der Waals surface area (Å²) in [6.07, 6.45) is 34.2. The highest BCUT2D eigenvalue weighted by Crippen LogP contribution is 2.16. The lowest BCUT2D eigenvalue weighted by atomic mass is 9.99. The van der Waals surface area contributed by atoms with Crippen molar-refractivity contribution >= 4 is 5.91 Å². The van der Waals surface area contributed by atoms with Gasteiger partial charge in [0.15, 0.2) is 0 Å². The van der Waals surface area contributed by atoms with Gasteiger partial charge in [0.1, 0.15) is 12.2 Å². The highest BCUT2D eigenvalue weighted by atomic mass is 16.3. The highest BCUT2D eigenvalue weighted by Gasteiger charge is 2.28. The van der Waals surface area contributed by atoms with Crippen molar-refractivity contribution in [1.29, 1.82) is 0 Å². The first-order valence-electron chi connectivity index (χ1n) is 19.9. The molecule has 4 atom stereocenters. The monoisotopic (exact) mass is 642 g/mol. The van der Waals surface area contributed by atoms with E-state index in [-0.39, 0.29) is 0 Å². The molecule has 0 saturated carbocycles.